The molecule has 41 heavy (non-hydrogen) atoms. The van der Waals surface area contributed by atoms with Crippen molar-refractivity contribution in [2.75, 3.05) is 12.4 Å². The maximum atomic E-state index is 12.3. The number of halogens is 4. The van der Waals surface area contributed by atoms with Crippen molar-refractivity contribution in [3.8, 4) is 17.2 Å². The van der Waals surface area contributed by atoms with Crippen LogP contribution in [-0.2, 0) is 18.0 Å². The first kappa shape index (κ1) is 31.4. The second-order valence-corrected chi connectivity index (χ2v) is 11.9. The minimum absolute atomic E-state index is 0.0159. The summed E-state index contributed by atoms with van der Waals surface area (Å²) in [5, 5.41) is 13.0. The van der Waals surface area contributed by atoms with E-state index in [2.05, 4.69) is 59.2 Å². The average molecular weight is 792 g/mol. The Morgan fingerprint density at radius 3 is 2.63 bits per heavy atom. The first-order chi connectivity index (χ1) is 19.8. The van der Waals surface area contributed by atoms with Crippen LogP contribution >= 0.6 is 73.5 Å². The minimum Gasteiger partial charge on any atom is -0.490 e. The molecule has 0 radical (unpaired) electrons. The molecular formula is C27H22BrCl2IN4O5S. The largest absolute Gasteiger partial charge is 0.490 e. The maximum Gasteiger partial charge on any atom is 0.277 e. The maximum absolute atomic E-state index is 12.3. The molecule has 4 aromatic rings. The summed E-state index contributed by atoms with van der Waals surface area (Å²) in [4.78, 5) is 12.3. The second kappa shape index (κ2) is 15.6. The van der Waals surface area contributed by atoms with Crippen molar-refractivity contribution in [1.82, 2.24) is 15.6 Å². The first-order valence-electron chi connectivity index (χ1n) is 12.0. The van der Waals surface area contributed by atoms with Gasteiger partial charge in [0.05, 0.1) is 27.2 Å². The van der Waals surface area contributed by atoms with Gasteiger partial charge in [0, 0.05) is 9.50 Å². The van der Waals surface area contributed by atoms with Crippen LogP contribution in [0.1, 0.15) is 23.9 Å². The van der Waals surface area contributed by atoms with Crippen LogP contribution in [0.25, 0.3) is 0 Å². The number of ether oxygens (including phenoxy) is 3. The summed E-state index contributed by atoms with van der Waals surface area (Å²) in [6.45, 7) is 2.79. The lowest BCUT2D eigenvalue weighted by Gasteiger charge is -2.15. The van der Waals surface area contributed by atoms with Crippen LogP contribution in [0.2, 0.25) is 10.0 Å². The SMILES string of the molecule is CCOc1cc(/C=N\NC(=O)CSc2nnc(COc3ccc(Cl)cc3Cl)o2)cc(I)c1OCc1ccc(Br)cc1. The lowest BCUT2D eigenvalue weighted by Crippen LogP contribution is -2.19. The van der Waals surface area contributed by atoms with Gasteiger partial charge in [-0.2, -0.15) is 5.10 Å². The highest BCUT2D eigenvalue weighted by atomic mass is 127. The van der Waals surface area contributed by atoms with Crippen LogP contribution in [-0.4, -0.2) is 34.7 Å². The van der Waals surface area contributed by atoms with Crippen molar-refractivity contribution in [3.63, 3.8) is 0 Å². The first-order valence-corrected chi connectivity index (χ1v) is 15.6. The number of aromatic nitrogens is 2. The fraction of sp³-hybridized carbons (Fsp3) is 0.185. The molecule has 14 heteroatoms. The zero-order chi connectivity index (χ0) is 29.2. The van der Waals surface area contributed by atoms with Crippen LogP contribution in [0.15, 0.2) is 73.8 Å². The Labute approximate surface area is 272 Å². The van der Waals surface area contributed by atoms with Crippen LogP contribution in [0.3, 0.4) is 0 Å². The number of rotatable bonds is 13. The van der Waals surface area contributed by atoms with Gasteiger partial charge in [0.1, 0.15) is 12.4 Å². The summed E-state index contributed by atoms with van der Waals surface area (Å²) >= 11 is 18.7. The third-order valence-electron chi connectivity index (χ3n) is 5.05. The number of hydrogen-bond donors (Lipinski definition) is 1. The van der Waals surface area contributed by atoms with Crippen LogP contribution in [0, 0.1) is 3.57 Å². The van der Waals surface area contributed by atoms with E-state index in [0.29, 0.717) is 40.5 Å². The molecule has 9 nitrogen and oxygen atoms in total. The molecule has 0 spiro atoms. The Morgan fingerprint density at radius 2 is 1.88 bits per heavy atom. The Bertz CT molecular complexity index is 1520. The fourth-order valence-corrected chi connectivity index (χ4v) is 5.31. The molecule has 0 aliphatic carbocycles. The molecule has 3 aromatic carbocycles. The van der Waals surface area contributed by atoms with Crippen LogP contribution < -0.4 is 19.6 Å². The molecule has 0 aliphatic rings. The van der Waals surface area contributed by atoms with Crippen molar-refractivity contribution in [3.05, 3.63) is 89.7 Å². The lowest BCUT2D eigenvalue weighted by molar-refractivity contribution is -0.118. The van der Waals surface area contributed by atoms with Crippen LogP contribution in [0.5, 0.6) is 17.2 Å². The smallest absolute Gasteiger partial charge is 0.277 e. The highest BCUT2D eigenvalue weighted by Gasteiger charge is 2.13. The molecule has 0 fully saturated rings. The Hall–Kier alpha value is -2.52. The van der Waals surface area contributed by atoms with E-state index in [1.54, 1.807) is 18.2 Å². The summed E-state index contributed by atoms with van der Waals surface area (Å²) < 4.78 is 24.8. The summed E-state index contributed by atoms with van der Waals surface area (Å²) in [7, 11) is 0. The van der Waals surface area contributed by atoms with Crippen molar-refractivity contribution < 1.29 is 23.4 Å². The molecule has 0 bridgehead atoms. The number of amides is 1. The van der Waals surface area contributed by atoms with Gasteiger partial charge in [-0.25, -0.2) is 5.43 Å². The number of carbonyl (C=O) groups is 1. The van der Waals surface area contributed by atoms with Gasteiger partial charge in [-0.05, 0) is 83.1 Å². The topological polar surface area (TPSA) is 108 Å². The summed E-state index contributed by atoms with van der Waals surface area (Å²) in [5.74, 6) is 1.59. The standard InChI is InChI=1S/C27H22BrCl2IN4O5S/c1-2-37-23-10-17(9-21(31)26(23)39-13-16-3-5-18(28)6-4-16)12-32-33-24(36)15-41-27-35-34-25(40-27)14-38-22-8-7-19(29)11-20(22)30/h3-12H,2,13-15H2,1H3,(H,33,36)/b32-12-. The number of benzene rings is 3. The molecule has 0 unspecified atom stereocenters. The zero-order valence-corrected chi connectivity index (χ0v) is 27.5. The summed E-state index contributed by atoms with van der Waals surface area (Å²) in [6.07, 6.45) is 1.54. The van der Waals surface area contributed by atoms with E-state index < -0.39 is 0 Å². The molecule has 1 N–H and O–H groups in total. The van der Waals surface area contributed by atoms with Gasteiger partial charge in [-0.15, -0.1) is 10.2 Å². The fourth-order valence-electron chi connectivity index (χ4n) is 3.23. The van der Waals surface area contributed by atoms with Crippen LogP contribution in [0.4, 0.5) is 0 Å². The zero-order valence-electron chi connectivity index (χ0n) is 21.4. The van der Waals surface area contributed by atoms with E-state index in [0.717, 1.165) is 30.9 Å². The third-order valence-corrected chi connectivity index (χ3v) is 7.73. The Balaban J connectivity index is 1.27. The van der Waals surface area contributed by atoms with E-state index >= 15 is 0 Å². The predicted molar refractivity (Wildman–Crippen MR) is 170 cm³/mol. The van der Waals surface area contributed by atoms with E-state index in [-0.39, 0.29) is 29.4 Å². The third kappa shape index (κ3) is 9.77. The Morgan fingerprint density at radius 1 is 1.07 bits per heavy atom. The molecule has 0 atom stereocenters. The molecule has 0 aliphatic heterocycles. The summed E-state index contributed by atoms with van der Waals surface area (Å²) in [6, 6.07) is 16.5. The highest BCUT2D eigenvalue weighted by Crippen LogP contribution is 2.34. The number of hydrazone groups is 1. The van der Waals surface area contributed by atoms with Gasteiger partial charge >= 0.3 is 0 Å². The second-order valence-electron chi connectivity index (χ2n) is 8.09. The van der Waals surface area contributed by atoms with Crippen molar-refractivity contribution in [2.24, 2.45) is 5.10 Å². The molecule has 4 rings (SSSR count). The number of hydrogen-bond acceptors (Lipinski definition) is 9. The normalized spacial score (nSPS) is 11.0. The number of thioether (sulfide) groups is 1. The average Bonchev–Trinajstić information content (AvgIpc) is 3.40. The van der Waals surface area contributed by atoms with Gasteiger partial charge in [-0.3, -0.25) is 4.79 Å². The highest BCUT2D eigenvalue weighted by molar-refractivity contribution is 14.1. The van der Waals surface area contributed by atoms with Crippen molar-refractivity contribution in [2.45, 2.75) is 25.4 Å². The molecule has 0 saturated carbocycles. The number of carbonyl (C=O) groups excluding carboxylic acids is 1. The van der Waals surface area contributed by atoms with Crippen molar-refractivity contribution in [1.29, 1.82) is 0 Å². The van der Waals surface area contributed by atoms with E-state index in [1.165, 1.54) is 6.21 Å². The molecule has 214 valence electrons. The van der Waals surface area contributed by atoms with Gasteiger partial charge in [0.2, 0.25) is 0 Å². The molecule has 0 saturated heterocycles. The van der Waals surface area contributed by atoms with Gasteiger partial charge in [-0.1, -0.05) is 63.0 Å². The monoisotopic (exact) mass is 790 g/mol. The van der Waals surface area contributed by atoms with E-state index in [1.807, 2.05) is 43.3 Å². The molecule has 1 amide bonds. The lowest BCUT2D eigenvalue weighted by atomic mass is 10.2. The predicted octanol–water partition coefficient (Wildman–Crippen LogP) is 7.54. The van der Waals surface area contributed by atoms with E-state index in [9.17, 15) is 4.79 Å². The van der Waals surface area contributed by atoms with Gasteiger partial charge in [0.15, 0.2) is 18.1 Å². The molecular weight excluding hydrogens is 770 g/mol. The molecule has 1 aromatic heterocycles. The van der Waals surface area contributed by atoms with Gasteiger partial charge < -0.3 is 18.6 Å². The quantitative estimate of drug-likeness (QED) is 0.0641. The van der Waals surface area contributed by atoms with Gasteiger partial charge in [0.25, 0.3) is 17.0 Å². The number of nitrogens with zero attached hydrogens (tertiary/aromatic N) is 3. The van der Waals surface area contributed by atoms with Crippen molar-refractivity contribution >= 4 is 85.6 Å². The minimum atomic E-state index is -0.343. The molecule has 1 heterocycles. The van der Waals surface area contributed by atoms with E-state index in [4.69, 9.17) is 41.8 Å². The number of nitrogens with one attached hydrogen (secondary N) is 1. The Kier molecular flexibility index (Phi) is 12.0. The summed E-state index contributed by atoms with van der Waals surface area (Å²) in [5.41, 5.74) is 4.27.